The largest absolute Gasteiger partial charge is 0.461 e. The van der Waals surface area contributed by atoms with Gasteiger partial charge in [-0.2, -0.15) is 0 Å². The van der Waals surface area contributed by atoms with Gasteiger partial charge in [-0.15, -0.1) is 0 Å². The second-order valence-electron chi connectivity index (χ2n) is 2.99. The number of nitrogens with zero attached hydrogens (tertiary/aromatic N) is 2. The van der Waals surface area contributed by atoms with Crippen molar-refractivity contribution in [2.24, 2.45) is 0 Å². The first-order chi connectivity index (χ1) is 7.22. The number of anilines is 1. The summed E-state index contributed by atoms with van der Waals surface area (Å²) in [5.41, 5.74) is 1.02. The molecule has 1 aliphatic heterocycles. The van der Waals surface area contributed by atoms with E-state index in [4.69, 9.17) is 17.0 Å². The topological polar surface area (TPSA) is 64.1 Å². The van der Waals surface area contributed by atoms with Crippen LogP contribution in [-0.4, -0.2) is 27.5 Å². The predicted molar refractivity (Wildman–Crippen MR) is 57.9 cm³/mol. The Morgan fingerprint density at radius 1 is 1.67 bits per heavy atom. The van der Waals surface area contributed by atoms with E-state index < -0.39 is 5.97 Å². The summed E-state index contributed by atoms with van der Waals surface area (Å²) in [6, 6.07) is 0. The summed E-state index contributed by atoms with van der Waals surface area (Å²) in [6.45, 7) is 2.08. The standard InChI is InChI=1S/C9H9N3O2S/c1-2-14-9(13)7-5-3-6(15)12-8(5)11-4-10-7/h4H,2-3H2,1H3,(H,10,11,12,15). The van der Waals surface area contributed by atoms with Crippen LogP contribution in [0.5, 0.6) is 0 Å². The number of hydrogen-bond acceptors (Lipinski definition) is 5. The minimum Gasteiger partial charge on any atom is -0.461 e. The van der Waals surface area contributed by atoms with Gasteiger partial charge in [-0.3, -0.25) is 0 Å². The third-order valence-electron chi connectivity index (χ3n) is 2.01. The molecule has 15 heavy (non-hydrogen) atoms. The molecule has 0 amide bonds. The van der Waals surface area contributed by atoms with Crippen molar-refractivity contribution in [3.05, 3.63) is 17.6 Å². The lowest BCUT2D eigenvalue weighted by Crippen LogP contribution is -2.10. The smallest absolute Gasteiger partial charge is 0.357 e. The highest BCUT2D eigenvalue weighted by Gasteiger charge is 2.24. The molecular formula is C9H9N3O2S. The number of fused-ring (bicyclic) bond motifs is 1. The van der Waals surface area contributed by atoms with Gasteiger partial charge in [0.1, 0.15) is 12.1 Å². The lowest BCUT2D eigenvalue weighted by atomic mass is 10.2. The van der Waals surface area contributed by atoms with Gasteiger partial charge in [0.2, 0.25) is 0 Å². The fourth-order valence-electron chi connectivity index (χ4n) is 1.40. The Morgan fingerprint density at radius 2 is 2.47 bits per heavy atom. The van der Waals surface area contributed by atoms with E-state index in [0.717, 1.165) is 5.56 Å². The van der Waals surface area contributed by atoms with Crippen LogP contribution >= 0.6 is 12.2 Å². The fraction of sp³-hybridized carbons (Fsp3) is 0.333. The Morgan fingerprint density at radius 3 is 3.20 bits per heavy atom. The van der Waals surface area contributed by atoms with E-state index in [9.17, 15) is 4.79 Å². The molecule has 2 heterocycles. The SMILES string of the molecule is CCOC(=O)c1ncnc2c1CC(=S)N2. The van der Waals surface area contributed by atoms with Crippen LogP contribution in [-0.2, 0) is 11.2 Å². The van der Waals surface area contributed by atoms with Crippen LogP contribution in [0.4, 0.5) is 5.82 Å². The molecule has 0 aliphatic carbocycles. The van der Waals surface area contributed by atoms with E-state index in [1.54, 1.807) is 6.92 Å². The Bertz CT molecular complexity index is 433. The van der Waals surface area contributed by atoms with Crippen LogP contribution in [0.3, 0.4) is 0 Å². The van der Waals surface area contributed by atoms with Gasteiger partial charge in [0.15, 0.2) is 5.69 Å². The maximum Gasteiger partial charge on any atom is 0.357 e. The number of ether oxygens (including phenoxy) is 1. The molecule has 0 saturated heterocycles. The number of aromatic nitrogens is 2. The molecule has 0 saturated carbocycles. The minimum absolute atomic E-state index is 0.300. The molecule has 5 nitrogen and oxygen atoms in total. The lowest BCUT2D eigenvalue weighted by Gasteiger charge is -2.04. The summed E-state index contributed by atoms with van der Waals surface area (Å²) in [4.78, 5) is 20.1. The minimum atomic E-state index is -0.428. The zero-order valence-electron chi connectivity index (χ0n) is 8.11. The first-order valence-electron chi connectivity index (χ1n) is 4.53. The van der Waals surface area contributed by atoms with E-state index in [1.165, 1.54) is 6.33 Å². The number of carbonyl (C=O) groups is 1. The molecule has 1 N–H and O–H groups in total. The van der Waals surface area contributed by atoms with Gasteiger partial charge < -0.3 is 10.1 Å². The van der Waals surface area contributed by atoms with E-state index in [1.807, 2.05) is 0 Å². The van der Waals surface area contributed by atoms with Crippen LogP contribution in [0.2, 0.25) is 0 Å². The van der Waals surface area contributed by atoms with Crippen LogP contribution in [0, 0.1) is 0 Å². The van der Waals surface area contributed by atoms with Crippen LogP contribution in [0.25, 0.3) is 0 Å². The molecule has 2 rings (SSSR count). The van der Waals surface area contributed by atoms with E-state index in [0.29, 0.717) is 29.5 Å². The molecule has 0 bridgehead atoms. The summed E-state index contributed by atoms with van der Waals surface area (Å²) >= 11 is 5.00. The number of hydrogen-bond donors (Lipinski definition) is 1. The van der Waals surface area contributed by atoms with Crippen molar-refractivity contribution >= 4 is 29.0 Å². The second kappa shape index (κ2) is 3.90. The van der Waals surface area contributed by atoms with Crippen molar-refractivity contribution < 1.29 is 9.53 Å². The second-order valence-corrected chi connectivity index (χ2v) is 3.49. The fourth-order valence-corrected chi connectivity index (χ4v) is 1.64. The third kappa shape index (κ3) is 1.80. The number of thiocarbonyl (C=S) groups is 1. The Hall–Kier alpha value is -1.56. The zero-order chi connectivity index (χ0) is 10.8. The summed E-state index contributed by atoms with van der Waals surface area (Å²) in [7, 11) is 0. The van der Waals surface area contributed by atoms with Crippen molar-refractivity contribution in [3.63, 3.8) is 0 Å². The number of rotatable bonds is 2. The van der Waals surface area contributed by atoms with Crippen molar-refractivity contribution in [1.29, 1.82) is 0 Å². The Balaban J connectivity index is 2.38. The van der Waals surface area contributed by atoms with Gasteiger partial charge in [0.25, 0.3) is 0 Å². The van der Waals surface area contributed by atoms with Gasteiger partial charge >= 0.3 is 5.97 Å². The zero-order valence-corrected chi connectivity index (χ0v) is 8.93. The Labute approximate surface area is 91.9 Å². The maximum absolute atomic E-state index is 11.5. The monoisotopic (exact) mass is 223 g/mol. The molecule has 0 unspecified atom stereocenters. The van der Waals surface area contributed by atoms with Crippen molar-refractivity contribution in [1.82, 2.24) is 9.97 Å². The average molecular weight is 223 g/mol. The number of nitrogens with one attached hydrogen (secondary N) is 1. The van der Waals surface area contributed by atoms with Gasteiger partial charge in [0.05, 0.1) is 11.6 Å². The summed E-state index contributed by atoms with van der Waals surface area (Å²) in [5, 5.41) is 2.91. The molecule has 1 aromatic rings. The van der Waals surface area contributed by atoms with E-state index >= 15 is 0 Å². The summed E-state index contributed by atoms with van der Waals surface area (Å²) < 4.78 is 4.89. The first-order valence-corrected chi connectivity index (χ1v) is 4.94. The van der Waals surface area contributed by atoms with Crippen LogP contribution < -0.4 is 5.32 Å². The highest BCUT2D eigenvalue weighted by Crippen LogP contribution is 2.23. The van der Waals surface area contributed by atoms with E-state index in [-0.39, 0.29) is 0 Å². The quantitative estimate of drug-likeness (QED) is 0.595. The van der Waals surface area contributed by atoms with Crippen molar-refractivity contribution in [2.75, 3.05) is 11.9 Å². The van der Waals surface area contributed by atoms with Gasteiger partial charge in [-0.05, 0) is 6.92 Å². The van der Waals surface area contributed by atoms with Crippen molar-refractivity contribution in [3.8, 4) is 0 Å². The molecule has 78 valence electrons. The number of carbonyl (C=O) groups excluding carboxylic acids is 1. The Kier molecular flexibility index (Phi) is 2.59. The third-order valence-corrected chi connectivity index (χ3v) is 2.26. The van der Waals surface area contributed by atoms with Crippen LogP contribution in [0.15, 0.2) is 6.33 Å². The molecule has 1 aliphatic rings. The molecule has 0 atom stereocenters. The molecular weight excluding hydrogens is 214 g/mol. The predicted octanol–water partition coefficient (Wildman–Crippen LogP) is 0.949. The molecule has 0 fully saturated rings. The van der Waals surface area contributed by atoms with Crippen molar-refractivity contribution in [2.45, 2.75) is 13.3 Å². The maximum atomic E-state index is 11.5. The summed E-state index contributed by atoms with van der Waals surface area (Å²) in [6.07, 6.45) is 1.83. The lowest BCUT2D eigenvalue weighted by molar-refractivity contribution is 0.0518. The van der Waals surface area contributed by atoms with Gasteiger partial charge in [-0.1, -0.05) is 12.2 Å². The average Bonchev–Trinajstić information content (AvgIpc) is 2.57. The molecule has 0 spiro atoms. The molecule has 6 heteroatoms. The summed E-state index contributed by atoms with van der Waals surface area (Å²) in [5.74, 6) is 0.181. The first kappa shape index (κ1) is 9.97. The van der Waals surface area contributed by atoms with Crippen LogP contribution in [0.1, 0.15) is 23.0 Å². The highest BCUT2D eigenvalue weighted by atomic mass is 32.1. The van der Waals surface area contributed by atoms with E-state index in [2.05, 4.69) is 15.3 Å². The highest BCUT2D eigenvalue weighted by molar-refractivity contribution is 7.80. The number of esters is 1. The molecule has 1 aromatic heterocycles. The molecule has 0 radical (unpaired) electrons. The van der Waals surface area contributed by atoms with Gasteiger partial charge in [-0.25, -0.2) is 14.8 Å². The van der Waals surface area contributed by atoms with Gasteiger partial charge in [0, 0.05) is 12.0 Å². The normalized spacial score (nSPS) is 13.3. The molecule has 0 aromatic carbocycles.